The minimum absolute atomic E-state index is 0.380. The van der Waals surface area contributed by atoms with E-state index in [1.807, 2.05) is 0 Å². The average Bonchev–Trinajstić information content (AvgIpc) is 2.17. The van der Waals surface area contributed by atoms with Crippen molar-refractivity contribution in [1.29, 1.82) is 0 Å². The van der Waals surface area contributed by atoms with Gasteiger partial charge in [-0.25, -0.2) is 4.79 Å². The van der Waals surface area contributed by atoms with E-state index in [9.17, 15) is 9.59 Å². The maximum absolute atomic E-state index is 11.6. The molecule has 0 saturated carbocycles. The fraction of sp³-hybridized carbons (Fsp3) is 0.200. The van der Waals surface area contributed by atoms with E-state index in [2.05, 4.69) is 10.6 Å². The third-order valence-electron chi connectivity index (χ3n) is 2.35. The summed E-state index contributed by atoms with van der Waals surface area (Å²) in [6, 6.07) is 6.78. The molecule has 0 aliphatic carbocycles. The van der Waals surface area contributed by atoms with Gasteiger partial charge in [0.2, 0.25) is 5.66 Å². The Morgan fingerprint density at radius 2 is 2.00 bits per heavy atom. The molecule has 5 heteroatoms. The molecule has 1 atom stereocenters. The van der Waals surface area contributed by atoms with Crippen LogP contribution in [0.3, 0.4) is 0 Å². The molecule has 1 aliphatic heterocycles. The van der Waals surface area contributed by atoms with E-state index < -0.39 is 11.6 Å². The van der Waals surface area contributed by atoms with Crippen molar-refractivity contribution < 1.29 is 14.7 Å². The smallest absolute Gasteiger partial charge is 0.350 e. The minimum Gasteiger partial charge on any atom is -0.478 e. The molecule has 0 spiro atoms. The number of carboxylic acids is 1. The maximum atomic E-state index is 11.6. The van der Waals surface area contributed by atoms with Gasteiger partial charge in [-0.15, -0.1) is 0 Å². The van der Waals surface area contributed by atoms with Crippen molar-refractivity contribution >= 4 is 17.6 Å². The van der Waals surface area contributed by atoms with Gasteiger partial charge >= 0.3 is 5.97 Å². The zero-order valence-corrected chi connectivity index (χ0v) is 8.07. The number of fused-ring (bicyclic) bond motifs is 1. The topological polar surface area (TPSA) is 78.4 Å². The van der Waals surface area contributed by atoms with Crippen LogP contribution in [0.2, 0.25) is 0 Å². The molecule has 3 N–H and O–H groups in total. The second-order valence-corrected chi connectivity index (χ2v) is 3.55. The second-order valence-electron chi connectivity index (χ2n) is 3.55. The van der Waals surface area contributed by atoms with Crippen LogP contribution in [0, 0.1) is 0 Å². The highest BCUT2D eigenvalue weighted by molar-refractivity contribution is 6.05. The summed E-state index contributed by atoms with van der Waals surface area (Å²) in [6.07, 6.45) is 0. The first-order valence-electron chi connectivity index (χ1n) is 4.46. The van der Waals surface area contributed by atoms with Crippen LogP contribution in [0.1, 0.15) is 17.3 Å². The number of anilines is 1. The van der Waals surface area contributed by atoms with Gasteiger partial charge in [0, 0.05) is 5.69 Å². The van der Waals surface area contributed by atoms with Crippen molar-refractivity contribution in [1.82, 2.24) is 5.32 Å². The number of amides is 1. The molecule has 0 fully saturated rings. The lowest BCUT2D eigenvalue weighted by molar-refractivity contribution is -0.142. The SMILES string of the molecule is CC1(C(=O)O)NC(=O)c2ccccc2N1. The van der Waals surface area contributed by atoms with Crippen molar-refractivity contribution in [2.75, 3.05) is 5.32 Å². The molecule has 78 valence electrons. The summed E-state index contributed by atoms with van der Waals surface area (Å²) in [5, 5.41) is 14.1. The molecule has 5 nitrogen and oxygen atoms in total. The Balaban J connectivity index is 2.47. The van der Waals surface area contributed by atoms with Crippen LogP contribution in [-0.2, 0) is 4.79 Å². The third kappa shape index (κ3) is 1.41. The monoisotopic (exact) mass is 206 g/mol. The highest BCUT2D eigenvalue weighted by atomic mass is 16.4. The lowest BCUT2D eigenvalue weighted by Gasteiger charge is -2.33. The van der Waals surface area contributed by atoms with Crippen molar-refractivity contribution in [2.24, 2.45) is 0 Å². The predicted octanol–water partition coefficient (Wildman–Crippen LogP) is 0.643. The number of para-hydroxylation sites is 1. The fourth-order valence-corrected chi connectivity index (χ4v) is 1.49. The lowest BCUT2D eigenvalue weighted by atomic mass is 10.0. The van der Waals surface area contributed by atoms with E-state index >= 15 is 0 Å². The van der Waals surface area contributed by atoms with Crippen LogP contribution in [0.5, 0.6) is 0 Å². The summed E-state index contributed by atoms with van der Waals surface area (Å²) in [4.78, 5) is 22.5. The second kappa shape index (κ2) is 2.98. The predicted molar refractivity (Wildman–Crippen MR) is 53.6 cm³/mol. The normalized spacial score (nSPS) is 23.7. The van der Waals surface area contributed by atoms with Crippen LogP contribution in [-0.4, -0.2) is 22.6 Å². The molecule has 0 bridgehead atoms. The molecule has 1 amide bonds. The Kier molecular flexibility index (Phi) is 1.89. The Morgan fingerprint density at radius 1 is 1.33 bits per heavy atom. The van der Waals surface area contributed by atoms with Crippen molar-refractivity contribution in [2.45, 2.75) is 12.6 Å². The molecule has 0 aromatic heterocycles. The fourth-order valence-electron chi connectivity index (χ4n) is 1.49. The largest absolute Gasteiger partial charge is 0.478 e. The standard InChI is InChI=1S/C10H10N2O3/c1-10(9(14)15)11-7-5-3-2-4-6(7)8(13)12-10/h2-5,11H,1H3,(H,12,13)(H,14,15). The molecule has 1 aromatic carbocycles. The first kappa shape index (κ1) is 9.51. The zero-order valence-electron chi connectivity index (χ0n) is 8.07. The summed E-state index contributed by atoms with van der Waals surface area (Å²) < 4.78 is 0. The third-order valence-corrected chi connectivity index (χ3v) is 2.35. The van der Waals surface area contributed by atoms with Gasteiger partial charge in [0.25, 0.3) is 5.91 Å². The molecule has 15 heavy (non-hydrogen) atoms. The molecule has 1 aromatic rings. The van der Waals surface area contributed by atoms with E-state index in [-0.39, 0.29) is 5.91 Å². The molecule has 0 saturated heterocycles. The summed E-state index contributed by atoms with van der Waals surface area (Å²) in [5.74, 6) is -1.50. The van der Waals surface area contributed by atoms with E-state index in [4.69, 9.17) is 5.11 Å². The summed E-state index contributed by atoms with van der Waals surface area (Å²) in [7, 11) is 0. The van der Waals surface area contributed by atoms with Gasteiger partial charge in [-0.3, -0.25) is 4.79 Å². The molecule has 1 unspecified atom stereocenters. The number of hydrogen-bond donors (Lipinski definition) is 3. The lowest BCUT2D eigenvalue weighted by Crippen LogP contribution is -2.60. The van der Waals surface area contributed by atoms with Gasteiger partial charge in [0.15, 0.2) is 0 Å². The maximum Gasteiger partial charge on any atom is 0.350 e. The molecular weight excluding hydrogens is 196 g/mol. The van der Waals surface area contributed by atoms with Crippen LogP contribution in [0.25, 0.3) is 0 Å². The van der Waals surface area contributed by atoms with Gasteiger partial charge in [0.1, 0.15) is 0 Å². The van der Waals surface area contributed by atoms with Crippen LogP contribution < -0.4 is 10.6 Å². The van der Waals surface area contributed by atoms with Gasteiger partial charge in [0.05, 0.1) is 5.56 Å². The zero-order chi connectivity index (χ0) is 11.1. The van der Waals surface area contributed by atoms with Crippen LogP contribution in [0.4, 0.5) is 5.69 Å². The molecule has 1 aliphatic rings. The summed E-state index contributed by atoms with van der Waals surface area (Å²) >= 11 is 0. The Labute approximate surface area is 86.1 Å². The number of nitrogens with one attached hydrogen (secondary N) is 2. The summed E-state index contributed by atoms with van der Waals surface area (Å²) in [5.41, 5.74) is -0.451. The van der Waals surface area contributed by atoms with Gasteiger partial charge < -0.3 is 15.7 Å². The number of carboxylic acid groups (broad SMARTS) is 1. The van der Waals surface area contributed by atoms with E-state index in [0.717, 1.165) is 0 Å². The minimum atomic E-state index is -1.44. The van der Waals surface area contributed by atoms with Gasteiger partial charge in [-0.2, -0.15) is 0 Å². The van der Waals surface area contributed by atoms with Gasteiger partial charge in [-0.1, -0.05) is 12.1 Å². The Hall–Kier alpha value is -2.04. The van der Waals surface area contributed by atoms with Crippen molar-refractivity contribution in [3.05, 3.63) is 29.8 Å². The number of carbonyl (C=O) groups excluding carboxylic acids is 1. The van der Waals surface area contributed by atoms with Gasteiger partial charge in [-0.05, 0) is 19.1 Å². The molecular formula is C10H10N2O3. The summed E-state index contributed by atoms with van der Waals surface area (Å²) in [6.45, 7) is 1.41. The molecule has 1 heterocycles. The van der Waals surface area contributed by atoms with E-state index in [1.54, 1.807) is 24.3 Å². The quantitative estimate of drug-likeness (QED) is 0.630. The van der Waals surface area contributed by atoms with Crippen molar-refractivity contribution in [3.63, 3.8) is 0 Å². The van der Waals surface area contributed by atoms with E-state index in [0.29, 0.717) is 11.3 Å². The number of benzene rings is 1. The van der Waals surface area contributed by atoms with Crippen LogP contribution in [0.15, 0.2) is 24.3 Å². The highest BCUT2D eigenvalue weighted by Crippen LogP contribution is 2.24. The van der Waals surface area contributed by atoms with Crippen molar-refractivity contribution in [3.8, 4) is 0 Å². The Bertz CT molecular complexity index is 444. The molecule has 2 rings (SSSR count). The average molecular weight is 206 g/mol. The first-order valence-corrected chi connectivity index (χ1v) is 4.46. The first-order chi connectivity index (χ1) is 7.03. The number of rotatable bonds is 1. The Morgan fingerprint density at radius 3 is 2.67 bits per heavy atom. The number of carbonyl (C=O) groups is 2. The highest BCUT2D eigenvalue weighted by Gasteiger charge is 2.39. The van der Waals surface area contributed by atoms with E-state index in [1.165, 1.54) is 6.92 Å². The molecule has 0 radical (unpaired) electrons. The number of aliphatic carboxylic acids is 1. The number of hydrogen-bond acceptors (Lipinski definition) is 3. The van der Waals surface area contributed by atoms with Crippen LogP contribution >= 0.6 is 0 Å².